The molecule has 5 nitrogen and oxygen atoms in total. The molecule has 1 fully saturated rings. The molecule has 122 valence electrons. The Balaban J connectivity index is 1.95. The van der Waals surface area contributed by atoms with Crippen LogP contribution >= 0.6 is 0 Å². The monoisotopic (exact) mass is 311 g/mol. The third-order valence-corrected chi connectivity index (χ3v) is 3.99. The van der Waals surface area contributed by atoms with Gasteiger partial charge in [-0.05, 0) is 18.4 Å². The van der Waals surface area contributed by atoms with E-state index in [0.717, 1.165) is 24.3 Å². The Morgan fingerprint density at radius 2 is 1.65 bits per heavy atom. The number of aromatic nitrogens is 3. The highest BCUT2D eigenvalue weighted by Crippen LogP contribution is 2.32. The third kappa shape index (κ3) is 3.78. The van der Waals surface area contributed by atoms with Crippen LogP contribution in [0, 0.1) is 0 Å². The van der Waals surface area contributed by atoms with Crippen molar-refractivity contribution in [3.8, 4) is 0 Å². The van der Waals surface area contributed by atoms with Gasteiger partial charge in [-0.2, -0.15) is 15.0 Å². The molecule has 1 heterocycles. The van der Waals surface area contributed by atoms with Crippen LogP contribution in [0.2, 0.25) is 0 Å². The predicted molar refractivity (Wildman–Crippen MR) is 93.9 cm³/mol. The summed E-state index contributed by atoms with van der Waals surface area (Å²) in [6.45, 7) is 5.09. The molecule has 0 radical (unpaired) electrons. The second-order valence-electron chi connectivity index (χ2n) is 6.69. The SMILES string of the molecule is CC(C)c1nc(N(C)C)nc(N(Cc2ccccc2)C2CC2)n1. The molecule has 23 heavy (non-hydrogen) atoms. The lowest BCUT2D eigenvalue weighted by Crippen LogP contribution is -2.29. The number of hydrogen-bond donors (Lipinski definition) is 0. The summed E-state index contributed by atoms with van der Waals surface area (Å²) in [5.41, 5.74) is 1.29. The normalized spacial score (nSPS) is 14.1. The van der Waals surface area contributed by atoms with Gasteiger partial charge < -0.3 is 9.80 Å². The number of anilines is 2. The lowest BCUT2D eigenvalue weighted by molar-refractivity contribution is 0.707. The van der Waals surface area contributed by atoms with Gasteiger partial charge in [0.1, 0.15) is 5.82 Å². The van der Waals surface area contributed by atoms with Crippen molar-refractivity contribution >= 4 is 11.9 Å². The van der Waals surface area contributed by atoms with Gasteiger partial charge in [-0.1, -0.05) is 44.2 Å². The van der Waals surface area contributed by atoms with Gasteiger partial charge in [-0.15, -0.1) is 0 Å². The van der Waals surface area contributed by atoms with Crippen LogP contribution in [-0.4, -0.2) is 35.1 Å². The molecular weight excluding hydrogens is 286 g/mol. The Hall–Kier alpha value is -2.17. The van der Waals surface area contributed by atoms with Gasteiger partial charge >= 0.3 is 0 Å². The zero-order valence-electron chi connectivity index (χ0n) is 14.4. The second kappa shape index (κ2) is 6.52. The van der Waals surface area contributed by atoms with E-state index in [-0.39, 0.29) is 5.92 Å². The van der Waals surface area contributed by atoms with Gasteiger partial charge in [0, 0.05) is 32.6 Å². The lowest BCUT2D eigenvalue weighted by atomic mass is 10.2. The maximum atomic E-state index is 4.75. The first-order chi connectivity index (χ1) is 11.0. The van der Waals surface area contributed by atoms with Crippen molar-refractivity contribution < 1.29 is 0 Å². The van der Waals surface area contributed by atoms with E-state index in [2.05, 4.69) is 54.1 Å². The Bertz CT molecular complexity index is 623. The maximum Gasteiger partial charge on any atom is 0.230 e. The van der Waals surface area contributed by atoms with Gasteiger partial charge in [0.25, 0.3) is 0 Å². The lowest BCUT2D eigenvalue weighted by Gasteiger charge is -2.24. The molecular formula is C18H25N5. The van der Waals surface area contributed by atoms with E-state index in [1.807, 2.05) is 19.0 Å². The van der Waals surface area contributed by atoms with Crippen molar-refractivity contribution in [1.82, 2.24) is 15.0 Å². The van der Waals surface area contributed by atoms with E-state index < -0.39 is 0 Å². The summed E-state index contributed by atoms with van der Waals surface area (Å²) in [5.74, 6) is 2.68. The fraction of sp³-hybridized carbons (Fsp3) is 0.500. The molecule has 0 unspecified atom stereocenters. The number of benzene rings is 1. The summed E-state index contributed by atoms with van der Waals surface area (Å²) in [6, 6.07) is 11.1. The number of hydrogen-bond acceptors (Lipinski definition) is 5. The van der Waals surface area contributed by atoms with Crippen molar-refractivity contribution in [3.05, 3.63) is 41.7 Å². The first kappa shape index (κ1) is 15.7. The van der Waals surface area contributed by atoms with Gasteiger partial charge in [0.05, 0.1) is 0 Å². The van der Waals surface area contributed by atoms with Crippen molar-refractivity contribution in [2.45, 2.75) is 45.2 Å². The second-order valence-corrected chi connectivity index (χ2v) is 6.69. The molecule has 0 N–H and O–H groups in total. The highest BCUT2D eigenvalue weighted by atomic mass is 15.3. The largest absolute Gasteiger partial charge is 0.347 e. The molecule has 2 aromatic rings. The minimum Gasteiger partial charge on any atom is -0.347 e. The van der Waals surface area contributed by atoms with Crippen LogP contribution in [0.4, 0.5) is 11.9 Å². The van der Waals surface area contributed by atoms with E-state index in [0.29, 0.717) is 6.04 Å². The fourth-order valence-electron chi connectivity index (χ4n) is 2.49. The molecule has 0 saturated heterocycles. The smallest absolute Gasteiger partial charge is 0.230 e. The molecule has 1 saturated carbocycles. The summed E-state index contributed by atoms with van der Waals surface area (Å²) in [4.78, 5) is 18.3. The number of rotatable bonds is 6. The van der Waals surface area contributed by atoms with E-state index >= 15 is 0 Å². The van der Waals surface area contributed by atoms with Crippen LogP contribution in [0.15, 0.2) is 30.3 Å². The maximum absolute atomic E-state index is 4.75. The van der Waals surface area contributed by atoms with E-state index in [9.17, 15) is 0 Å². The predicted octanol–water partition coefficient (Wildman–Crippen LogP) is 3.23. The summed E-state index contributed by atoms with van der Waals surface area (Å²) >= 11 is 0. The van der Waals surface area contributed by atoms with Crippen molar-refractivity contribution in [3.63, 3.8) is 0 Å². The van der Waals surface area contributed by atoms with Crippen molar-refractivity contribution in [2.24, 2.45) is 0 Å². The zero-order chi connectivity index (χ0) is 16.4. The fourth-order valence-corrected chi connectivity index (χ4v) is 2.49. The quantitative estimate of drug-likeness (QED) is 0.819. The first-order valence-corrected chi connectivity index (χ1v) is 8.28. The highest BCUT2D eigenvalue weighted by Gasteiger charge is 2.31. The van der Waals surface area contributed by atoms with Crippen molar-refractivity contribution in [1.29, 1.82) is 0 Å². The first-order valence-electron chi connectivity index (χ1n) is 8.28. The van der Waals surface area contributed by atoms with Crippen molar-refractivity contribution in [2.75, 3.05) is 23.9 Å². The van der Waals surface area contributed by atoms with Gasteiger partial charge in [-0.25, -0.2) is 0 Å². The van der Waals surface area contributed by atoms with Crippen LogP contribution in [0.25, 0.3) is 0 Å². The molecule has 1 aromatic carbocycles. The van der Waals surface area contributed by atoms with Crippen LogP contribution in [0.1, 0.15) is 44.0 Å². The topological polar surface area (TPSA) is 45.2 Å². The Labute approximate surface area is 138 Å². The Morgan fingerprint density at radius 1 is 1.00 bits per heavy atom. The molecule has 0 spiro atoms. The van der Waals surface area contributed by atoms with Crippen LogP contribution in [0.3, 0.4) is 0 Å². The molecule has 1 aliphatic carbocycles. The molecule has 5 heteroatoms. The van der Waals surface area contributed by atoms with E-state index in [1.54, 1.807) is 0 Å². The molecule has 0 amide bonds. The van der Waals surface area contributed by atoms with Gasteiger partial charge in [0.2, 0.25) is 11.9 Å². The number of nitrogens with zero attached hydrogens (tertiary/aromatic N) is 5. The zero-order valence-corrected chi connectivity index (χ0v) is 14.4. The summed E-state index contributed by atoms with van der Waals surface area (Å²) in [6.07, 6.45) is 2.43. The molecule has 1 aromatic heterocycles. The van der Waals surface area contributed by atoms with Crippen LogP contribution < -0.4 is 9.80 Å². The molecule has 0 atom stereocenters. The standard InChI is InChI=1S/C18H25N5/c1-13(2)16-19-17(22(3)4)21-18(20-16)23(15-10-11-15)12-14-8-6-5-7-9-14/h5-9,13,15H,10-12H2,1-4H3. The van der Waals surface area contributed by atoms with Crippen LogP contribution in [-0.2, 0) is 6.54 Å². The average Bonchev–Trinajstić information content (AvgIpc) is 3.38. The molecule has 0 aliphatic heterocycles. The Kier molecular flexibility index (Phi) is 4.46. The van der Waals surface area contributed by atoms with Gasteiger partial charge in [-0.3, -0.25) is 0 Å². The summed E-state index contributed by atoms with van der Waals surface area (Å²) in [5, 5.41) is 0. The minimum absolute atomic E-state index is 0.285. The average molecular weight is 311 g/mol. The van der Waals surface area contributed by atoms with E-state index in [4.69, 9.17) is 9.97 Å². The molecule has 3 rings (SSSR count). The third-order valence-electron chi connectivity index (χ3n) is 3.99. The molecule has 0 bridgehead atoms. The van der Waals surface area contributed by atoms with E-state index in [1.165, 1.54) is 18.4 Å². The summed E-state index contributed by atoms with van der Waals surface area (Å²) < 4.78 is 0. The summed E-state index contributed by atoms with van der Waals surface area (Å²) in [7, 11) is 3.95. The Morgan fingerprint density at radius 3 is 2.22 bits per heavy atom. The molecule has 1 aliphatic rings. The van der Waals surface area contributed by atoms with Gasteiger partial charge in [0.15, 0.2) is 0 Å². The van der Waals surface area contributed by atoms with Crippen LogP contribution in [0.5, 0.6) is 0 Å². The highest BCUT2D eigenvalue weighted by molar-refractivity contribution is 5.41. The minimum atomic E-state index is 0.285.